The summed E-state index contributed by atoms with van der Waals surface area (Å²) in [7, 11) is 0. The van der Waals surface area contributed by atoms with Crippen LogP contribution in [0, 0.1) is 0 Å². The minimum Gasteiger partial charge on any atom is -0.494 e. The van der Waals surface area contributed by atoms with Crippen LogP contribution >= 0.6 is 0 Å². The van der Waals surface area contributed by atoms with Crippen molar-refractivity contribution >= 4 is 10.9 Å². The lowest BCUT2D eigenvalue weighted by Gasteiger charge is -2.22. The minimum atomic E-state index is -0.551. The first-order valence-electron chi connectivity index (χ1n) is 10.8. The van der Waals surface area contributed by atoms with Gasteiger partial charge in [0, 0.05) is 23.9 Å². The second-order valence-corrected chi connectivity index (χ2v) is 8.32. The number of hydrogen-bond acceptors (Lipinski definition) is 3. The average Bonchev–Trinajstić information content (AvgIpc) is 3.14. The van der Waals surface area contributed by atoms with Gasteiger partial charge in [-0.1, -0.05) is 29.8 Å². The number of aromatic amines is 2. The summed E-state index contributed by atoms with van der Waals surface area (Å²) in [6, 6.07) is 7.72. The Bertz CT molecular complexity index is 1250. The number of aromatic nitrogens is 3. The minimum absolute atomic E-state index is 0.215. The van der Waals surface area contributed by atoms with Crippen LogP contribution in [0.25, 0.3) is 10.9 Å². The van der Waals surface area contributed by atoms with Crippen LogP contribution in [-0.4, -0.2) is 26.2 Å². The predicted molar refractivity (Wildman–Crippen MR) is 115 cm³/mol. The van der Waals surface area contributed by atoms with Gasteiger partial charge in [-0.15, -0.1) is 0 Å². The van der Waals surface area contributed by atoms with Crippen molar-refractivity contribution in [3.63, 3.8) is 0 Å². The second kappa shape index (κ2) is 7.65. The van der Waals surface area contributed by atoms with Crippen molar-refractivity contribution in [1.29, 1.82) is 0 Å². The highest BCUT2D eigenvalue weighted by atomic mass is 16.3. The standard InChI is InChI=1S/C23H26N4O3/c28-21-18(20-19-16(10-12-24-20)15-8-4-5-9-17(15)25-19)22(29)27(23(30)26-21)13-11-14-6-2-1-3-7-14/h4-6,8-9,20,24-25,29H,1-3,7,10-13H2,(H,26,28,30)/p+1/t20-/m1/s1. The lowest BCUT2D eigenvalue weighted by Crippen LogP contribution is -2.87. The molecule has 0 saturated heterocycles. The van der Waals surface area contributed by atoms with E-state index in [2.05, 4.69) is 27.4 Å². The lowest BCUT2D eigenvalue weighted by molar-refractivity contribution is -0.690. The van der Waals surface area contributed by atoms with E-state index in [1.54, 1.807) is 0 Å². The predicted octanol–water partition coefficient (Wildman–Crippen LogP) is 1.82. The van der Waals surface area contributed by atoms with Crippen molar-refractivity contribution in [3.8, 4) is 5.88 Å². The van der Waals surface area contributed by atoms with Gasteiger partial charge in [0.05, 0.1) is 12.2 Å². The maximum absolute atomic E-state index is 12.8. The first-order valence-corrected chi connectivity index (χ1v) is 10.8. The number of nitrogens with zero attached hydrogens (tertiary/aromatic N) is 1. The van der Waals surface area contributed by atoms with Crippen LogP contribution in [0.1, 0.15) is 55.0 Å². The Morgan fingerprint density at radius 2 is 2.00 bits per heavy atom. The van der Waals surface area contributed by atoms with Gasteiger partial charge in [-0.05, 0) is 43.7 Å². The quantitative estimate of drug-likeness (QED) is 0.496. The summed E-state index contributed by atoms with van der Waals surface area (Å²) in [6.45, 7) is 1.18. The number of allylic oxidation sites excluding steroid dienone is 2. The van der Waals surface area contributed by atoms with E-state index in [4.69, 9.17) is 0 Å². The topological polar surface area (TPSA) is 107 Å². The molecule has 1 atom stereocenters. The van der Waals surface area contributed by atoms with Gasteiger partial charge >= 0.3 is 5.69 Å². The fourth-order valence-corrected chi connectivity index (χ4v) is 4.98. The van der Waals surface area contributed by atoms with E-state index in [1.165, 1.54) is 28.5 Å². The van der Waals surface area contributed by atoms with E-state index < -0.39 is 11.2 Å². The molecule has 0 unspecified atom stereocenters. The molecule has 7 heteroatoms. The van der Waals surface area contributed by atoms with E-state index in [0.717, 1.165) is 42.4 Å². The molecular formula is C23H27N4O3+. The van der Waals surface area contributed by atoms with Gasteiger partial charge in [-0.25, -0.2) is 4.79 Å². The summed E-state index contributed by atoms with van der Waals surface area (Å²) < 4.78 is 1.32. The van der Waals surface area contributed by atoms with Crippen molar-refractivity contribution in [2.75, 3.05) is 6.54 Å². The third-order valence-corrected chi connectivity index (χ3v) is 6.51. The molecule has 3 heterocycles. The highest BCUT2D eigenvalue weighted by Gasteiger charge is 2.34. The maximum Gasteiger partial charge on any atom is 0.331 e. The number of nitrogens with two attached hydrogens (primary N) is 1. The Morgan fingerprint density at radius 3 is 2.83 bits per heavy atom. The molecule has 0 amide bonds. The molecule has 2 aliphatic rings. The summed E-state index contributed by atoms with van der Waals surface area (Å²) >= 11 is 0. The summed E-state index contributed by atoms with van der Waals surface area (Å²) in [6.07, 6.45) is 8.34. The molecule has 0 spiro atoms. The molecule has 0 saturated carbocycles. The first-order chi connectivity index (χ1) is 14.6. The Balaban J connectivity index is 1.56. The van der Waals surface area contributed by atoms with Crippen molar-refractivity contribution < 1.29 is 10.4 Å². The fourth-order valence-electron chi connectivity index (χ4n) is 4.98. The first kappa shape index (κ1) is 18.9. The number of para-hydroxylation sites is 1. The third-order valence-electron chi connectivity index (χ3n) is 6.51. The summed E-state index contributed by atoms with van der Waals surface area (Å²) in [5.74, 6) is -0.215. The Labute approximate surface area is 173 Å². The molecule has 0 radical (unpaired) electrons. The number of nitrogens with one attached hydrogen (secondary N) is 2. The highest BCUT2D eigenvalue weighted by molar-refractivity contribution is 5.85. The molecule has 0 bridgehead atoms. The molecule has 0 fully saturated rings. The van der Waals surface area contributed by atoms with Gasteiger partial charge < -0.3 is 15.4 Å². The molecule has 1 aromatic carbocycles. The number of quaternary nitrogens is 1. The Hall–Kier alpha value is -3.06. The molecule has 1 aliphatic carbocycles. The van der Waals surface area contributed by atoms with Crippen LogP contribution < -0.4 is 16.6 Å². The van der Waals surface area contributed by atoms with Gasteiger partial charge in [0.1, 0.15) is 5.56 Å². The van der Waals surface area contributed by atoms with Gasteiger partial charge in [0.25, 0.3) is 5.56 Å². The number of rotatable bonds is 4. The molecule has 7 nitrogen and oxygen atoms in total. The maximum atomic E-state index is 12.8. The zero-order valence-electron chi connectivity index (χ0n) is 16.9. The summed E-state index contributed by atoms with van der Waals surface area (Å²) in [4.78, 5) is 31.1. The second-order valence-electron chi connectivity index (χ2n) is 8.32. The largest absolute Gasteiger partial charge is 0.494 e. The van der Waals surface area contributed by atoms with E-state index in [0.29, 0.717) is 13.0 Å². The number of hydrogen-bond donors (Lipinski definition) is 4. The van der Waals surface area contributed by atoms with Gasteiger partial charge in [-0.3, -0.25) is 14.3 Å². The zero-order valence-corrected chi connectivity index (χ0v) is 16.9. The smallest absolute Gasteiger partial charge is 0.331 e. The van der Waals surface area contributed by atoms with Crippen molar-refractivity contribution in [3.05, 3.63) is 73.6 Å². The highest BCUT2D eigenvalue weighted by Crippen LogP contribution is 2.32. The molecule has 5 rings (SSSR count). The van der Waals surface area contributed by atoms with Crippen LogP contribution in [0.2, 0.25) is 0 Å². The number of benzene rings is 1. The van der Waals surface area contributed by atoms with E-state index in [9.17, 15) is 14.7 Å². The molecule has 2 aromatic heterocycles. The fraction of sp³-hybridized carbons (Fsp3) is 0.391. The Morgan fingerprint density at radius 1 is 1.13 bits per heavy atom. The van der Waals surface area contributed by atoms with E-state index in [1.807, 2.05) is 18.2 Å². The zero-order chi connectivity index (χ0) is 20.7. The summed E-state index contributed by atoms with van der Waals surface area (Å²) in [5.41, 5.74) is 3.65. The third kappa shape index (κ3) is 3.19. The molecule has 156 valence electrons. The number of aromatic hydroxyl groups is 1. The molecule has 5 N–H and O–H groups in total. The van der Waals surface area contributed by atoms with Crippen molar-refractivity contribution in [1.82, 2.24) is 14.5 Å². The monoisotopic (exact) mass is 407 g/mol. The van der Waals surface area contributed by atoms with Crippen LogP contribution in [-0.2, 0) is 13.0 Å². The van der Waals surface area contributed by atoms with E-state index >= 15 is 0 Å². The van der Waals surface area contributed by atoms with Gasteiger partial charge in [0.2, 0.25) is 5.88 Å². The van der Waals surface area contributed by atoms with Crippen LogP contribution in [0.15, 0.2) is 45.5 Å². The van der Waals surface area contributed by atoms with Crippen LogP contribution in [0.4, 0.5) is 0 Å². The van der Waals surface area contributed by atoms with Crippen molar-refractivity contribution in [2.45, 2.75) is 51.1 Å². The average molecular weight is 407 g/mol. The van der Waals surface area contributed by atoms with Gasteiger partial charge in [0.15, 0.2) is 6.04 Å². The van der Waals surface area contributed by atoms with E-state index in [-0.39, 0.29) is 17.5 Å². The van der Waals surface area contributed by atoms with Crippen molar-refractivity contribution in [2.24, 2.45) is 0 Å². The molecule has 1 aliphatic heterocycles. The number of fused-ring (bicyclic) bond motifs is 3. The number of H-pyrrole nitrogens is 2. The summed E-state index contributed by atoms with van der Waals surface area (Å²) in [5, 5.41) is 14.2. The molecule has 30 heavy (non-hydrogen) atoms. The Kier molecular flexibility index (Phi) is 4.83. The SMILES string of the molecule is O=c1[nH]c(=O)n(CCC2=CCCCC2)c(O)c1[C@H]1[NH2+]CCc2c1[nH]c1ccccc21. The molecular weight excluding hydrogens is 380 g/mol. The normalized spacial score (nSPS) is 18.9. The molecule has 3 aromatic rings. The lowest BCUT2D eigenvalue weighted by atomic mass is 9.95. The van der Waals surface area contributed by atoms with Gasteiger partial charge in [-0.2, -0.15) is 0 Å². The van der Waals surface area contributed by atoms with Crippen LogP contribution in [0.5, 0.6) is 5.88 Å². The van der Waals surface area contributed by atoms with Crippen LogP contribution in [0.3, 0.4) is 0 Å².